The van der Waals surface area contributed by atoms with Gasteiger partial charge in [-0.25, -0.2) is 0 Å². The summed E-state index contributed by atoms with van der Waals surface area (Å²) in [5, 5.41) is 9.05. The molecule has 0 saturated heterocycles. The molecule has 0 aliphatic heterocycles. The molecule has 0 heterocycles. The highest BCUT2D eigenvalue weighted by Gasteiger charge is 2.17. The first-order valence-corrected chi connectivity index (χ1v) is 5.89. The normalized spacial score (nSPS) is 12.4. The highest BCUT2D eigenvalue weighted by Crippen LogP contribution is 2.16. The van der Waals surface area contributed by atoms with E-state index in [1.54, 1.807) is 7.11 Å². The van der Waals surface area contributed by atoms with Gasteiger partial charge in [0.05, 0.1) is 5.92 Å². The highest BCUT2D eigenvalue weighted by atomic mass is 79.9. The first-order valence-electron chi connectivity index (χ1n) is 5.09. The second-order valence-corrected chi connectivity index (χ2v) is 4.56. The molecular weight excluding hydrogens is 272 g/mol. The van der Waals surface area contributed by atoms with Crippen molar-refractivity contribution >= 4 is 21.9 Å². The van der Waals surface area contributed by atoms with E-state index < -0.39 is 5.97 Å². The van der Waals surface area contributed by atoms with E-state index in [4.69, 9.17) is 9.84 Å². The Labute approximate surface area is 104 Å². The maximum Gasteiger partial charge on any atom is 0.306 e. The lowest BCUT2D eigenvalue weighted by Gasteiger charge is -2.11. The summed E-state index contributed by atoms with van der Waals surface area (Å²) in [5.74, 6) is -1.14. The van der Waals surface area contributed by atoms with Crippen molar-refractivity contribution in [2.24, 2.45) is 5.92 Å². The van der Waals surface area contributed by atoms with Gasteiger partial charge in [0.25, 0.3) is 0 Å². The average molecular weight is 287 g/mol. The van der Waals surface area contributed by atoms with Crippen molar-refractivity contribution in [3.05, 3.63) is 34.3 Å². The molecule has 0 fully saturated rings. The third-order valence-electron chi connectivity index (χ3n) is 2.42. The van der Waals surface area contributed by atoms with Crippen LogP contribution >= 0.6 is 15.9 Å². The smallest absolute Gasteiger partial charge is 0.306 e. The number of rotatable bonds is 6. The number of carbonyl (C=O) groups is 1. The molecule has 0 aromatic heterocycles. The van der Waals surface area contributed by atoms with Crippen LogP contribution in [-0.2, 0) is 16.0 Å². The fourth-order valence-electron chi connectivity index (χ4n) is 1.48. The molecule has 1 aromatic rings. The van der Waals surface area contributed by atoms with Crippen LogP contribution in [0.1, 0.15) is 12.0 Å². The lowest BCUT2D eigenvalue weighted by Crippen LogP contribution is -2.18. The molecule has 0 aliphatic carbocycles. The fraction of sp³-hybridized carbons (Fsp3) is 0.417. The lowest BCUT2D eigenvalue weighted by atomic mass is 9.97. The van der Waals surface area contributed by atoms with E-state index in [1.165, 1.54) is 0 Å². The zero-order chi connectivity index (χ0) is 12.0. The average Bonchev–Trinajstić information content (AvgIpc) is 2.26. The van der Waals surface area contributed by atoms with Crippen LogP contribution in [0.3, 0.4) is 0 Å². The maximum atomic E-state index is 11.0. The van der Waals surface area contributed by atoms with E-state index in [1.807, 2.05) is 24.3 Å². The number of benzene rings is 1. The second kappa shape index (κ2) is 6.66. The van der Waals surface area contributed by atoms with Crippen LogP contribution in [-0.4, -0.2) is 24.8 Å². The van der Waals surface area contributed by atoms with Crippen molar-refractivity contribution < 1.29 is 14.6 Å². The van der Waals surface area contributed by atoms with E-state index in [2.05, 4.69) is 15.9 Å². The first kappa shape index (κ1) is 13.2. The van der Waals surface area contributed by atoms with Gasteiger partial charge in [-0.15, -0.1) is 0 Å². The van der Waals surface area contributed by atoms with Gasteiger partial charge < -0.3 is 9.84 Å². The van der Waals surface area contributed by atoms with Gasteiger partial charge in [0.2, 0.25) is 0 Å². The van der Waals surface area contributed by atoms with Crippen LogP contribution in [0.4, 0.5) is 0 Å². The molecule has 88 valence electrons. The highest BCUT2D eigenvalue weighted by molar-refractivity contribution is 9.10. The molecule has 3 nitrogen and oxygen atoms in total. The Hall–Kier alpha value is -0.870. The second-order valence-electron chi connectivity index (χ2n) is 3.65. The van der Waals surface area contributed by atoms with E-state index in [0.29, 0.717) is 19.4 Å². The quantitative estimate of drug-likeness (QED) is 0.875. The third-order valence-corrected chi connectivity index (χ3v) is 2.94. The molecule has 1 rings (SSSR count). The van der Waals surface area contributed by atoms with Gasteiger partial charge in [0.1, 0.15) is 0 Å². The van der Waals surface area contributed by atoms with E-state index >= 15 is 0 Å². The molecule has 0 saturated carbocycles. The third kappa shape index (κ3) is 4.33. The van der Waals surface area contributed by atoms with Crippen LogP contribution in [0.5, 0.6) is 0 Å². The summed E-state index contributed by atoms with van der Waals surface area (Å²) in [5.41, 5.74) is 1.03. The summed E-state index contributed by atoms with van der Waals surface area (Å²) in [7, 11) is 1.58. The summed E-state index contributed by atoms with van der Waals surface area (Å²) in [4.78, 5) is 11.0. The van der Waals surface area contributed by atoms with E-state index in [0.717, 1.165) is 10.0 Å². The SMILES string of the molecule is COCCC(Cc1ccc(Br)cc1)C(=O)O. The molecular formula is C12H15BrO3. The minimum atomic E-state index is -0.764. The Morgan fingerprint density at radius 3 is 2.56 bits per heavy atom. The Morgan fingerprint density at radius 2 is 2.06 bits per heavy atom. The number of carboxylic acids is 1. The monoisotopic (exact) mass is 286 g/mol. The number of methoxy groups -OCH3 is 1. The zero-order valence-electron chi connectivity index (χ0n) is 9.15. The van der Waals surface area contributed by atoms with Crippen LogP contribution in [0.2, 0.25) is 0 Å². The van der Waals surface area contributed by atoms with Crippen LogP contribution < -0.4 is 0 Å². The molecule has 4 heteroatoms. The van der Waals surface area contributed by atoms with Gasteiger partial charge >= 0.3 is 5.97 Å². The first-order chi connectivity index (χ1) is 7.63. The molecule has 16 heavy (non-hydrogen) atoms. The summed E-state index contributed by atoms with van der Waals surface area (Å²) in [6.45, 7) is 0.480. The molecule has 1 aromatic carbocycles. The molecule has 1 N–H and O–H groups in total. The largest absolute Gasteiger partial charge is 0.481 e. The van der Waals surface area contributed by atoms with Crippen molar-refractivity contribution in [1.82, 2.24) is 0 Å². The maximum absolute atomic E-state index is 11.0. The van der Waals surface area contributed by atoms with Gasteiger partial charge in [-0.1, -0.05) is 28.1 Å². The van der Waals surface area contributed by atoms with E-state index in [9.17, 15) is 4.79 Å². The van der Waals surface area contributed by atoms with Crippen LogP contribution in [0.25, 0.3) is 0 Å². The summed E-state index contributed by atoms with van der Waals surface area (Å²) in [6.07, 6.45) is 1.09. The molecule has 1 unspecified atom stereocenters. The molecule has 0 bridgehead atoms. The number of hydrogen-bond donors (Lipinski definition) is 1. The Kier molecular flexibility index (Phi) is 5.49. The summed E-state index contributed by atoms with van der Waals surface area (Å²) in [6, 6.07) is 7.72. The standard InChI is InChI=1S/C12H15BrO3/c1-16-7-6-10(12(14)15)8-9-2-4-11(13)5-3-9/h2-5,10H,6-8H2,1H3,(H,14,15). The number of ether oxygens (including phenoxy) is 1. The Bertz CT molecular complexity index is 335. The number of aliphatic carboxylic acids is 1. The minimum Gasteiger partial charge on any atom is -0.481 e. The van der Waals surface area contributed by atoms with Crippen molar-refractivity contribution in [2.45, 2.75) is 12.8 Å². The Morgan fingerprint density at radius 1 is 1.44 bits per heavy atom. The Balaban J connectivity index is 2.60. The number of halogens is 1. The van der Waals surface area contributed by atoms with Crippen molar-refractivity contribution in [2.75, 3.05) is 13.7 Å². The summed E-state index contributed by atoms with van der Waals surface area (Å²) >= 11 is 3.35. The fourth-order valence-corrected chi connectivity index (χ4v) is 1.74. The van der Waals surface area contributed by atoms with Gasteiger partial charge in [-0.3, -0.25) is 4.79 Å². The van der Waals surface area contributed by atoms with Crippen molar-refractivity contribution in [1.29, 1.82) is 0 Å². The number of carboxylic acid groups (broad SMARTS) is 1. The minimum absolute atomic E-state index is 0.374. The van der Waals surface area contributed by atoms with Gasteiger partial charge in [-0.05, 0) is 30.5 Å². The zero-order valence-corrected chi connectivity index (χ0v) is 10.7. The van der Waals surface area contributed by atoms with Gasteiger partial charge in [0.15, 0.2) is 0 Å². The van der Waals surface area contributed by atoms with Gasteiger partial charge in [0, 0.05) is 18.2 Å². The molecule has 0 aliphatic rings. The van der Waals surface area contributed by atoms with Crippen molar-refractivity contribution in [3.8, 4) is 0 Å². The van der Waals surface area contributed by atoms with Gasteiger partial charge in [-0.2, -0.15) is 0 Å². The molecule has 1 atom stereocenters. The topological polar surface area (TPSA) is 46.5 Å². The van der Waals surface area contributed by atoms with Crippen LogP contribution in [0, 0.1) is 5.92 Å². The summed E-state index contributed by atoms with van der Waals surface area (Å²) < 4.78 is 5.91. The molecule has 0 amide bonds. The molecule has 0 radical (unpaired) electrons. The van der Waals surface area contributed by atoms with Crippen molar-refractivity contribution in [3.63, 3.8) is 0 Å². The van der Waals surface area contributed by atoms with Crippen LogP contribution in [0.15, 0.2) is 28.7 Å². The predicted octanol–water partition coefficient (Wildman–Crippen LogP) is 2.73. The predicted molar refractivity (Wildman–Crippen MR) is 65.5 cm³/mol. The van der Waals surface area contributed by atoms with E-state index in [-0.39, 0.29) is 5.92 Å². The lowest BCUT2D eigenvalue weighted by molar-refractivity contribution is -0.142. The molecule has 0 spiro atoms. The number of hydrogen-bond acceptors (Lipinski definition) is 2.